The molecule has 4 rings (SSSR count). The quantitative estimate of drug-likeness (QED) is 0.657. The second kappa shape index (κ2) is 8.19. The zero-order chi connectivity index (χ0) is 19.5. The molecule has 1 aliphatic heterocycles. The lowest BCUT2D eigenvalue weighted by Crippen LogP contribution is -2.49. The number of carbonyl (C=O) groups is 1. The number of thiazole rings is 1. The Balaban J connectivity index is 1.35. The van der Waals surface area contributed by atoms with Gasteiger partial charge in [-0.25, -0.2) is 4.98 Å². The van der Waals surface area contributed by atoms with E-state index in [1.165, 1.54) is 10.3 Å². The molecule has 1 amide bonds. The lowest BCUT2D eigenvalue weighted by molar-refractivity contribution is -0.130. The van der Waals surface area contributed by atoms with Crippen LogP contribution in [0.1, 0.15) is 18.1 Å². The standard InChI is InChI=1S/C22H25N3O2S/c1-3-27-18-9-7-17(8-10-18)15-20(26)24-11-13-25(14-12-24)22-23-21-16(2)5-4-6-19(21)28-22/h4-10H,3,11-15H2,1-2H3. The molecule has 28 heavy (non-hydrogen) atoms. The first-order chi connectivity index (χ1) is 13.6. The minimum Gasteiger partial charge on any atom is -0.494 e. The minimum atomic E-state index is 0.184. The smallest absolute Gasteiger partial charge is 0.227 e. The van der Waals surface area contributed by atoms with Gasteiger partial charge in [0.2, 0.25) is 5.91 Å². The molecular weight excluding hydrogens is 370 g/mol. The molecule has 1 aromatic heterocycles. The number of nitrogens with zero attached hydrogens (tertiary/aromatic N) is 3. The van der Waals surface area contributed by atoms with Crippen LogP contribution in [-0.4, -0.2) is 48.6 Å². The van der Waals surface area contributed by atoms with Gasteiger partial charge in [0, 0.05) is 26.2 Å². The summed E-state index contributed by atoms with van der Waals surface area (Å²) in [5, 5.41) is 1.06. The van der Waals surface area contributed by atoms with E-state index in [9.17, 15) is 4.79 Å². The van der Waals surface area contributed by atoms with Crippen LogP contribution < -0.4 is 9.64 Å². The molecule has 1 aliphatic rings. The van der Waals surface area contributed by atoms with Crippen molar-refractivity contribution < 1.29 is 9.53 Å². The van der Waals surface area contributed by atoms with Crippen LogP contribution in [0.4, 0.5) is 5.13 Å². The highest BCUT2D eigenvalue weighted by Crippen LogP contribution is 2.31. The van der Waals surface area contributed by atoms with Gasteiger partial charge in [0.15, 0.2) is 5.13 Å². The summed E-state index contributed by atoms with van der Waals surface area (Å²) in [6, 6.07) is 14.1. The Morgan fingerprint density at radius 3 is 2.54 bits per heavy atom. The van der Waals surface area contributed by atoms with E-state index in [0.717, 1.165) is 48.1 Å². The van der Waals surface area contributed by atoms with Gasteiger partial charge >= 0.3 is 0 Å². The van der Waals surface area contributed by atoms with Crippen molar-refractivity contribution in [3.8, 4) is 5.75 Å². The fraction of sp³-hybridized carbons (Fsp3) is 0.364. The van der Waals surface area contributed by atoms with E-state index >= 15 is 0 Å². The summed E-state index contributed by atoms with van der Waals surface area (Å²) in [4.78, 5) is 21.8. The molecule has 0 spiro atoms. The first-order valence-electron chi connectivity index (χ1n) is 9.74. The van der Waals surface area contributed by atoms with Crippen LogP contribution in [0.15, 0.2) is 42.5 Å². The molecule has 0 unspecified atom stereocenters. The van der Waals surface area contributed by atoms with Crippen LogP contribution in [0.25, 0.3) is 10.2 Å². The fourth-order valence-electron chi connectivity index (χ4n) is 3.51. The van der Waals surface area contributed by atoms with Gasteiger partial charge in [-0.2, -0.15) is 0 Å². The molecule has 0 radical (unpaired) electrons. The predicted molar refractivity (Wildman–Crippen MR) is 114 cm³/mol. The van der Waals surface area contributed by atoms with Crippen molar-refractivity contribution in [3.63, 3.8) is 0 Å². The summed E-state index contributed by atoms with van der Waals surface area (Å²) >= 11 is 1.73. The summed E-state index contributed by atoms with van der Waals surface area (Å²) in [6.45, 7) is 7.85. The molecule has 6 heteroatoms. The van der Waals surface area contributed by atoms with E-state index in [1.54, 1.807) is 11.3 Å². The third kappa shape index (κ3) is 3.97. The van der Waals surface area contributed by atoms with Crippen LogP contribution in [0.5, 0.6) is 5.75 Å². The summed E-state index contributed by atoms with van der Waals surface area (Å²) in [6.07, 6.45) is 0.437. The fourth-order valence-corrected chi connectivity index (χ4v) is 4.61. The maximum absolute atomic E-state index is 12.7. The Labute approximate surface area is 169 Å². The van der Waals surface area contributed by atoms with E-state index in [-0.39, 0.29) is 5.91 Å². The highest BCUT2D eigenvalue weighted by Gasteiger charge is 2.23. The molecule has 2 aromatic carbocycles. The summed E-state index contributed by atoms with van der Waals surface area (Å²) in [5.41, 5.74) is 3.33. The molecule has 146 valence electrons. The highest BCUT2D eigenvalue weighted by molar-refractivity contribution is 7.22. The van der Waals surface area contributed by atoms with Crippen molar-refractivity contribution in [1.82, 2.24) is 9.88 Å². The van der Waals surface area contributed by atoms with E-state index in [4.69, 9.17) is 9.72 Å². The van der Waals surface area contributed by atoms with Gasteiger partial charge in [0.25, 0.3) is 0 Å². The number of fused-ring (bicyclic) bond motifs is 1. The Morgan fingerprint density at radius 2 is 1.86 bits per heavy atom. The molecule has 0 bridgehead atoms. The second-order valence-corrected chi connectivity index (χ2v) is 8.05. The van der Waals surface area contributed by atoms with Gasteiger partial charge in [0.05, 0.1) is 23.2 Å². The maximum atomic E-state index is 12.7. The number of aryl methyl sites for hydroxylation is 1. The monoisotopic (exact) mass is 395 g/mol. The van der Waals surface area contributed by atoms with Gasteiger partial charge in [-0.1, -0.05) is 35.6 Å². The van der Waals surface area contributed by atoms with E-state index in [2.05, 4.69) is 30.0 Å². The van der Waals surface area contributed by atoms with Crippen LogP contribution >= 0.6 is 11.3 Å². The number of ether oxygens (including phenoxy) is 1. The molecule has 5 nitrogen and oxygen atoms in total. The number of hydrogen-bond acceptors (Lipinski definition) is 5. The molecule has 1 fully saturated rings. The first-order valence-corrected chi connectivity index (χ1v) is 10.6. The second-order valence-electron chi connectivity index (χ2n) is 7.04. The average molecular weight is 396 g/mol. The van der Waals surface area contributed by atoms with Crippen LogP contribution in [0.2, 0.25) is 0 Å². The molecule has 3 aromatic rings. The number of hydrogen-bond donors (Lipinski definition) is 0. The summed E-state index contributed by atoms with van der Waals surface area (Å²) < 4.78 is 6.69. The lowest BCUT2D eigenvalue weighted by Gasteiger charge is -2.34. The predicted octanol–water partition coefficient (Wildman–Crippen LogP) is 3.89. The molecule has 0 aliphatic carbocycles. The van der Waals surface area contributed by atoms with E-state index < -0.39 is 0 Å². The van der Waals surface area contributed by atoms with E-state index in [1.807, 2.05) is 36.1 Å². The van der Waals surface area contributed by atoms with Crippen molar-refractivity contribution in [2.75, 3.05) is 37.7 Å². The van der Waals surface area contributed by atoms with Crippen LogP contribution in [-0.2, 0) is 11.2 Å². The third-order valence-electron chi connectivity index (χ3n) is 5.10. The molecule has 2 heterocycles. The summed E-state index contributed by atoms with van der Waals surface area (Å²) in [5.74, 6) is 1.03. The Hall–Kier alpha value is -2.60. The van der Waals surface area contributed by atoms with Crippen molar-refractivity contribution in [2.45, 2.75) is 20.3 Å². The first kappa shape index (κ1) is 18.7. The Kier molecular flexibility index (Phi) is 5.48. The Bertz CT molecular complexity index is 960. The van der Waals surface area contributed by atoms with Crippen molar-refractivity contribution in [1.29, 1.82) is 0 Å². The maximum Gasteiger partial charge on any atom is 0.227 e. The number of anilines is 1. The van der Waals surface area contributed by atoms with Crippen LogP contribution in [0, 0.1) is 6.92 Å². The third-order valence-corrected chi connectivity index (χ3v) is 6.18. The van der Waals surface area contributed by atoms with Gasteiger partial charge in [-0.15, -0.1) is 0 Å². The number of amides is 1. The zero-order valence-electron chi connectivity index (χ0n) is 16.4. The lowest BCUT2D eigenvalue weighted by atomic mass is 10.1. The topological polar surface area (TPSA) is 45.7 Å². The van der Waals surface area contributed by atoms with Crippen molar-refractivity contribution in [2.24, 2.45) is 0 Å². The van der Waals surface area contributed by atoms with E-state index in [0.29, 0.717) is 13.0 Å². The number of aromatic nitrogens is 1. The number of para-hydroxylation sites is 1. The van der Waals surface area contributed by atoms with Gasteiger partial charge in [-0.3, -0.25) is 4.79 Å². The van der Waals surface area contributed by atoms with Gasteiger partial charge in [-0.05, 0) is 43.2 Å². The van der Waals surface area contributed by atoms with Crippen LogP contribution in [0.3, 0.4) is 0 Å². The highest BCUT2D eigenvalue weighted by atomic mass is 32.1. The van der Waals surface area contributed by atoms with Crippen molar-refractivity contribution >= 4 is 32.6 Å². The average Bonchev–Trinajstić information content (AvgIpc) is 3.16. The Morgan fingerprint density at radius 1 is 1.11 bits per heavy atom. The normalized spacial score (nSPS) is 14.5. The summed E-state index contributed by atoms with van der Waals surface area (Å²) in [7, 11) is 0. The zero-order valence-corrected chi connectivity index (χ0v) is 17.2. The number of piperazine rings is 1. The number of carbonyl (C=O) groups excluding carboxylic acids is 1. The minimum absolute atomic E-state index is 0.184. The molecule has 1 saturated heterocycles. The number of rotatable bonds is 5. The SMILES string of the molecule is CCOc1ccc(CC(=O)N2CCN(c3nc4c(C)cccc4s3)CC2)cc1. The van der Waals surface area contributed by atoms with Gasteiger partial charge in [0.1, 0.15) is 5.75 Å². The van der Waals surface area contributed by atoms with Crippen molar-refractivity contribution in [3.05, 3.63) is 53.6 Å². The number of benzene rings is 2. The molecule has 0 atom stereocenters. The molecule has 0 N–H and O–H groups in total. The largest absolute Gasteiger partial charge is 0.494 e. The molecule has 0 saturated carbocycles. The van der Waals surface area contributed by atoms with Gasteiger partial charge < -0.3 is 14.5 Å². The molecular formula is C22H25N3O2S.